The molecule has 0 spiro atoms. The van der Waals surface area contributed by atoms with Crippen molar-refractivity contribution in [2.75, 3.05) is 0 Å². The predicted octanol–water partition coefficient (Wildman–Crippen LogP) is 1.30. The average molecular weight is 235 g/mol. The Bertz CT molecular complexity index is 432. The molecular formula is C12H13NO4. The summed E-state index contributed by atoms with van der Waals surface area (Å²) in [5, 5.41) is 10.2. The number of rotatable bonds is 1. The van der Waals surface area contributed by atoms with Crippen LogP contribution in [0.1, 0.15) is 34.6 Å². The van der Waals surface area contributed by atoms with Crippen molar-refractivity contribution >= 4 is 17.8 Å². The van der Waals surface area contributed by atoms with E-state index in [1.807, 2.05) is 0 Å². The van der Waals surface area contributed by atoms with Crippen LogP contribution < -0.4 is 5.32 Å². The van der Waals surface area contributed by atoms with Gasteiger partial charge in [0.1, 0.15) is 0 Å². The highest BCUT2D eigenvalue weighted by atomic mass is 16.4. The van der Waals surface area contributed by atoms with Gasteiger partial charge in [0.05, 0.1) is 17.0 Å². The van der Waals surface area contributed by atoms with Crippen molar-refractivity contribution in [2.24, 2.45) is 5.92 Å². The lowest BCUT2D eigenvalue weighted by Gasteiger charge is -1.89. The number of amides is 2. The van der Waals surface area contributed by atoms with Crippen LogP contribution in [-0.2, 0) is 4.79 Å². The molecule has 0 aliphatic carbocycles. The van der Waals surface area contributed by atoms with Crippen molar-refractivity contribution in [1.29, 1.82) is 0 Å². The zero-order valence-electron chi connectivity index (χ0n) is 9.56. The van der Waals surface area contributed by atoms with Crippen LogP contribution in [0.25, 0.3) is 0 Å². The van der Waals surface area contributed by atoms with Gasteiger partial charge in [-0.3, -0.25) is 19.7 Å². The number of aliphatic carboxylic acids is 1. The second-order valence-corrected chi connectivity index (χ2v) is 3.82. The summed E-state index contributed by atoms with van der Waals surface area (Å²) < 4.78 is 0. The van der Waals surface area contributed by atoms with Gasteiger partial charge in [0.25, 0.3) is 11.8 Å². The minimum atomic E-state index is -0.741. The first kappa shape index (κ1) is 12.9. The lowest BCUT2D eigenvalue weighted by molar-refractivity contribution is -0.140. The maximum absolute atomic E-state index is 10.9. The standard InChI is InChI=1S/C8H5NO2.C4H8O2/c10-7-5-3-1-2-4-6(5)8(11)9-7;1-3(2)4(5)6/h1-4H,(H,9,10,11);3H,1-2H3,(H,5,6). The molecular weight excluding hydrogens is 222 g/mol. The van der Waals surface area contributed by atoms with Crippen molar-refractivity contribution in [3.05, 3.63) is 35.4 Å². The number of carboxylic acids is 1. The molecule has 5 heteroatoms. The minimum absolute atomic E-state index is 0.231. The molecule has 0 radical (unpaired) electrons. The zero-order valence-corrected chi connectivity index (χ0v) is 9.56. The Kier molecular flexibility index (Phi) is 3.98. The van der Waals surface area contributed by atoms with Gasteiger partial charge in [-0.2, -0.15) is 0 Å². The molecule has 0 fully saturated rings. The molecule has 17 heavy (non-hydrogen) atoms. The molecule has 0 bridgehead atoms. The molecule has 2 N–H and O–H groups in total. The Hall–Kier alpha value is -2.17. The molecule has 1 aromatic carbocycles. The number of hydrogen-bond donors (Lipinski definition) is 2. The van der Waals surface area contributed by atoms with Crippen LogP contribution >= 0.6 is 0 Å². The van der Waals surface area contributed by atoms with E-state index in [0.717, 1.165) is 0 Å². The normalized spacial score (nSPS) is 12.6. The van der Waals surface area contributed by atoms with Crippen molar-refractivity contribution < 1.29 is 19.5 Å². The molecule has 0 unspecified atom stereocenters. The van der Waals surface area contributed by atoms with E-state index < -0.39 is 5.97 Å². The Labute approximate surface area is 98.4 Å². The van der Waals surface area contributed by atoms with E-state index in [0.29, 0.717) is 11.1 Å². The third-order valence-electron chi connectivity index (χ3n) is 2.14. The van der Waals surface area contributed by atoms with Crippen LogP contribution in [0.2, 0.25) is 0 Å². The monoisotopic (exact) mass is 235 g/mol. The topological polar surface area (TPSA) is 83.5 Å². The second-order valence-electron chi connectivity index (χ2n) is 3.82. The molecule has 0 saturated heterocycles. The van der Waals surface area contributed by atoms with Gasteiger partial charge in [-0.05, 0) is 12.1 Å². The summed E-state index contributed by atoms with van der Waals surface area (Å²) in [7, 11) is 0. The third-order valence-corrected chi connectivity index (χ3v) is 2.14. The summed E-state index contributed by atoms with van der Waals surface area (Å²) in [6.07, 6.45) is 0. The molecule has 5 nitrogen and oxygen atoms in total. The minimum Gasteiger partial charge on any atom is -0.481 e. The second kappa shape index (κ2) is 5.25. The molecule has 0 saturated carbocycles. The first-order valence-corrected chi connectivity index (χ1v) is 5.11. The number of benzene rings is 1. The number of carboxylic acid groups (broad SMARTS) is 1. The van der Waals surface area contributed by atoms with Gasteiger partial charge in [-0.15, -0.1) is 0 Å². The number of fused-ring (bicyclic) bond motifs is 1. The van der Waals surface area contributed by atoms with Gasteiger partial charge in [0.15, 0.2) is 0 Å². The lowest BCUT2D eigenvalue weighted by Crippen LogP contribution is -2.19. The predicted molar refractivity (Wildman–Crippen MR) is 60.7 cm³/mol. The molecule has 2 amide bonds. The number of carbonyl (C=O) groups excluding carboxylic acids is 2. The fourth-order valence-corrected chi connectivity index (χ4v) is 1.12. The molecule has 1 heterocycles. The number of imide groups is 1. The van der Waals surface area contributed by atoms with E-state index in [2.05, 4.69) is 5.32 Å². The fraction of sp³-hybridized carbons (Fsp3) is 0.250. The quantitative estimate of drug-likeness (QED) is 0.718. The molecule has 2 rings (SSSR count). The number of nitrogens with one attached hydrogen (secondary N) is 1. The van der Waals surface area contributed by atoms with E-state index in [9.17, 15) is 14.4 Å². The van der Waals surface area contributed by atoms with E-state index in [4.69, 9.17) is 5.11 Å². The lowest BCUT2D eigenvalue weighted by atomic mass is 10.1. The van der Waals surface area contributed by atoms with Crippen LogP contribution in [0.4, 0.5) is 0 Å². The summed E-state index contributed by atoms with van der Waals surface area (Å²) in [6, 6.07) is 6.74. The number of carbonyl (C=O) groups is 3. The average Bonchev–Trinajstić information content (AvgIpc) is 2.56. The van der Waals surface area contributed by atoms with Crippen molar-refractivity contribution in [3.8, 4) is 0 Å². The first-order valence-electron chi connectivity index (χ1n) is 5.11. The first-order chi connectivity index (χ1) is 7.93. The molecule has 1 aliphatic rings. The van der Waals surface area contributed by atoms with Crippen molar-refractivity contribution in [1.82, 2.24) is 5.32 Å². The van der Waals surface area contributed by atoms with Gasteiger partial charge < -0.3 is 5.11 Å². The van der Waals surface area contributed by atoms with Crippen LogP contribution in [0.5, 0.6) is 0 Å². The fourth-order valence-electron chi connectivity index (χ4n) is 1.12. The summed E-state index contributed by atoms with van der Waals surface area (Å²) in [4.78, 5) is 31.6. The van der Waals surface area contributed by atoms with Gasteiger partial charge in [0.2, 0.25) is 0 Å². The third kappa shape index (κ3) is 3.14. The van der Waals surface area contributed by atoms with Crippen LogP contribution in [-0.4, -0.2) is 22.9 Å². The SMILES string of the molecule is CC(C)C(=O)O.O=C1NC(=O)c2ccccc21. The molecule has 0 aromatic heterocycles. The maximum Gasteiger partial charge on any atom is 0.305 e. The van der Waals surface area contributed by atoms with E-state index in [1.165, 1.54) is 0 Å². The Morgan fingerprint density at radius 1 is 1.12 bits per heavy atom. The zero-order chi connectivity index (χ0) is 13.0. The molecule has 1 aliphatic heterocycles. The van der Waals surface area contributed by atoms with Crippen LogP contribution in [0, 0.1) is 5.92 Å². The van der Waals surface area contributed by atoms with Gasteiger partial charge in [0, 0.05) is 0 Å². The Morgan fingerprint density at radius 2 is 1.47 bits per heavy atom. The largest absolute Gasteiger partial charge is 0.481 e. The molecule has 0 atom stereocenters. The van der Waals surface area contributed by atoms with E-state index in [1.54, 1.807) is 38.1 Å². The molecule has 1 aromatic rings. The van der Waals surface area contributed by atoms with Gasteiger partial charge >= 0.3 is 5.97 Å². The van der Waals surface area contributed by atoms with Gasteiger partial charge in [-0.1, -0.05) is 26.0 Å². The highest BCUT2D eigenvalue weighted by Gasteiger charge is 2.25. The highest BCUT2D eigenvalue weighted by molar-refractivity contribution is 6.21. The summed E-state index contributed by atoms with van der Waals surface area (Å²) >= 11 is 0. The summed E-state index contributed by atoms with van der Waals surface area (Å²) in [5.74, 6) is -1.57. The van der Waals surface area contributed by atoms with Gasteiger partial charge in [-0.25, -0.2) is 0 Å². The Morgan fingerprint density at radius 3 is 1.76 bits per heavy atom. The number of hydrogen-bond acceptors (Lipinski definition) is 3. The summed E-state index contributed by atoms with van der Waals surface area (Å²) in [5.41, 5.74) is 0.940. The van der Waals surface area contributed by atoms with E-state index >= 15 is 0 Å². The maximum atomic E-state index is 10.9. The Balaban J connectivity index is 0.000000209. The van der Waals surface area contributed by atoms with Crippen molar-refractivity contribution in [3.63, 3.8) is 0 Å². The van der Waals surface area contributed by atoms with E-state index in [-0.39, 0.29) is 17.7 Å². The van der Waals surface area contributed by atoms with Crippen molar-refractivity contribution in [2.45, 2.75) is 13.8 Å². The highest BCUT2D eigenvalue weighted by Crippen LogP contribution is 2.13. The van der Waals surface area contributed by atoms with Crippen LogP contribution in [0.3, 0.4) is 0 Å². The smallest absolute Gasteiger partial charge is 0.305 e. The van der Waals surface area contributed by atoms with Crippen LogP contribution in [0.15, 0.2) is 24.3 Å². The molecule has 90 valence electrons. The summed E-state index contributed by atoms with van der Waals surface area (Å²) in [6.45, 7) is 3.28.